The fourth-order valence-corrected chi connectivity index (χ4v) is 2.25. The first-order chi connectivity index (χ1) is 11.1. The molecule has 0 heterocycles. The Morgan fingerprint density at radius 1 is 0.957 bits per heavy atom. The van der Waals surface area contributed by atoms with E-state index < -0.39 is 0 Å². The van der Waals surface area contributed by atoms with Crippen molar-refractivity contribution in [3.05, 3.63) is 53.1 Å². The van der Waals surface area contributed by atoms with Crippen LogP contribution in [0.25, 0.3) is 0 Å². The molecule has 23 heavy (non-hydrogen) atoms. The molecule has 0 unspecified atom stereocenters. The molecule has 0 fully saturated rings. The summed E-state index contributed by atoms with van der Waals surface area (Å²) in [4.78, 5) is 12.4. The Balaban J connectivity index is 2.10. The van der Waals surface area contributed by atoms with Crippen LogP contribution in [-0.4, -0.2) is 27.2 Å². The van der Waals surface area contributed by atoms with Crippen LogP contribution in [0.2, 0.25) is 0 Å². The van der Waals surface area contributed by atoms with E-state index in [4.69, 9.17) is 14.2 Å². The molecule has 5 nitrogen and oxygen atoms in total. The van der Waals surface area contributed by atoms with E-state index in [9.17, 15) is 4.79 Å². The minimum Gasteiger partial charge on any atom is -0.497 e. The van der Waals surface area contributed by atoms with Crippen molar-refractivity contribution in [2.24, 2.45) is 0 Å². The highest BCUT2D eigenvalue weighted by Gasteiger charge is 2.14. The number of ether oxygens (including phenoxy) is 3. The van der Waals surface area contributed by atoms with Gasteiger partial charge in [0.2, 0.25) is 0 Å². The average Bonchev–Trinajstić information content (AvgIpc) is 2.59. The molecular weight excluding hydrogens is 294 g/mol. The Morgan fingerprint density at radius 2 is 1.57 bits per heavy atom. The van der Waals surface area contributed by atoms with E-state index >= 15 is 0 Å². The van der Waals surface area contributed by atoms with Crippen molar-refractivity contribution in [1.29, 1.82) is 0 Å². The highest BCUT2D eigenvalue weighted by atomic mass is 16.5. The number of aryl methyl sites for hydroxylation is 1. The second kappa shape index (κ2) is 7.54. The first-order valence-electron chi connectivity index (χ1n) is 7.22. The summed E-state index contributed by atoms with van der Waals surface area (Å²) in [6, 6.07) is 11.0. The lowest BCUT2D eigenvalue weighted by atomic mass is 10.1. The summed E-state index contributed by atoms with van der Waals surface area (Å²) in [6.45, 7) is 2.31. The van der Waals surface area contributed by atoms with Gasteiger partial charge in [-0.05, 0) is 42.3 Å². The lowest BCUT2D eigenvalue weighted by Gasteiger charge is -2.13. The zero-order valence-electron chi connectivity index (χ0n) is 13.8. The third kappa shape index (κ3) is 3.94. The van der Waals surface area contributed by atoms with Crippen LogP contribution in [-0.2, 0) is 6.54 Å². The van der Waals surface area contributed by atoms with Crippen molar-refractivity contribution >= 4 is 5.91 Å². The van der Waals surface area contributed by atoms with Gasteiger partial charge in [-0.15, -0.1) is 0 Å². The number of hydrogen-bond donors (Lipinski definition) is 1. The molecule has 2 rings (SSSR count). The van der Waals surface area contributed by atoms with Crippen molar-refractivity contribution in [2.75, 3.05) is 21.3 Å². The molecule has 0 aliphatic carbocycles. The fraction of sp³-hybridized carbons (Fsp3) is 0.278. The van der Waals surface area contributed by atoms with Gasteiger partial charge in [0, 0.05) is 12.1 Å². The van der Waals surface area contributed by atoms with E-state index in [2.05, 4.69) is 5.32 Å². The molecule has 0 radical (unpaired) electrons. The molecule has 0 aliphatic heterocycles. The first kappa shape index (κ1) is 16.7. The lowest BCUT2D eigenvalue weighted by molar-refractivity contribution is 0.0950. The van der Waals surface area contributed by atoms with Crippen LogP contribution in [0.5, 0.6) is 17.2 Å². The molecule has 0 aliphatic rings. The molecule has 2 aromatic rings. The summed E-state index contributed by atoms with van der Waals surface area (Å²) in [5.41, 5.74) is 2.39. The Kier molecular flexibility index (Phi) is 5.46. The number of nitrogens with one attached hydrogen (secondary N) is 1. The molecule has 122 valence electrons. The molecule has 0 bridgehead atoms. The smallest absolute Gasteiger partial charge is 0.251 e. The van der Waals surface area contributed by atoms with Crippen LogP contribution in [0.4, 0.5) is 0 Å². The minimum atomic E-state index is -0.153. The van der Waals surface area contributed by atoms with Crippen molar-refractivity contribution in [2.45, 2.75) is 13.5 Å². The minimum absolute atomic E-state index is 0.153. The second-order valence-corrected chi connectivity index (χ2v) is 5.05. The predicted molar refractivity (Wildman–Crippen MR) is 88.4 cm³/mol. The van der Waals surface area contributed by atoms with Gasteiger partial charge in [0.05, 0.1) is 21.3 Å². The van der Waals surface area contributed by atoms with Gasteiger partial charge in [0.1, 0.15) is 5.75 Å². The van der Waals surface area contributed by atoms with Gasteiger partial charge in [-0.1, -0.05) is 12.1 Å². The number of hydrogen-bond acceptors (Lipinski definition) is 4. The third-order valence-electron chi connectivity index (χ3n) is 3.59. The molecule has 0 saturated carbocycles. The van der Waals surface area contributed by atoms with Crippen molar-refractivity contribution in [1.82, 2.24) is 5.32 Å². The zero-order chi connectivity index (χ0) is 16.8. The molecule has 5 heteroatoms. The monoisotopic (exact) mass is 315 g/mol. The Labute approximate surface area is 136 Å². The van der Waals surface area contributed by atoms with E-state index in [-0.39, 0.29) is 5.91 Å². The normalized spacial score (nSPS) is 10.1. The Bertz CT molecular complexity index is 680. The SMILES string of the molecule is COc1ccc(CNC(=O)c2cc(OC)c(OC)cc2C)cc1. The maximum absolute atomic E-state index is 12.4. The van der Waals surface area contributed by atoms with Crippen LogP contribution in [0.3, 0.4) is 0 Å². The summed E-state index contributed by atoms with van der Waals surface area (Å²) in [5, 5.41) is 2.91. The largest absolute Gasteiger partial charge is 0.497 e. The first-order valence-corrected chi connectivity index (χ1v) is 7.22. The maximum atomic E-state index is 12.4. The summed E-state index contributed by atoms with van der Waals surface area (Å²) >= 11 is 0. The summed E-state index contributed by atoms with van der Waals surface area (Å²) < 4.78 is 15.6. The number of carbonyl (C=O) groups is 1. The number of amides is 1. The molecule has 0 spiro atoms. The summed E-state index contributed by atoms with van der Waals surface area (Å²) in [7, 11) is 4.74. The van der Waals surface area contributed by atoms with Gasteiger partial charge in [-0.3, -0.25) is 4.79 Å². The van der Waals surface area contributed by atoms with Gasteiger partial charge in [0.15, 0.2) is 11.5 Å². The van der Waals surface area contributed by atoms with Crippen molar-refractivity contribution in [3.63, 3.8) is 0 Å². The van der Waals surface area contributed by atoms with Crippen LogP contribution in [0.15, 0.2) is 36.4 Å². The molecule has 1 amide bonds. The van der Waals surface area contributed by atoms with E-state index in [1.54, 1.807) is 33.5 Å². The maximum Gasteiger partial charge on any atom is 0.251 e. The summed E-state index contributed by atoms with van der Waals surface area (Å²) in [5.74, 6) is 1.78. The van der Waals surface area contributed by atoms with Crippen molar-refractivity contribution < 1.29 is 19.0 Å². The van der Waals surface area contributed by atoms with Gasteiger partial charge in [0.25, 0.3) is 5.91 Å². The van der Waals surface area contributed by atoms with E-state index in [1.807, 2.05) is 31.2 Å². The highest BCUT2D eigenvalue weighted by molar-refractivity contribution is 5.96. The molecule has 0 aromatic heterocycles. The molecule has 0 saturated heterocycles. The van der Waals surface area contributed by atoms with E-state index in [0.29, 0.717) is 23.6 Å². The van der Waals surface area contributed by atoms with Crippen LogP contribution >= 0.6 is 0 Å². The third-order valence-corrected chi connectivity index (χ3v) is 3.59. The van der Waals surface area contributed by atoms with Crippen molar-refractivity contribution in [3.8, 4) is 17.2 Å². The number of benzene rings is 2. The second-order valence-electron chi connectivity index (χ2n) is 5.05. The topological polar surface area (TPSA) is 56.8 Å². The zero-order valence-corrected chi connectivity index (χ0v) is 13.8. The quantitative estimate of drug-likeness (QED) is 0.890. The number of rotatable bonds is 6. The molecular formula is C18H21NO4. The van der Waals surface area contributed by atoms with Gasteiger partial charge >= 0.3 is 0 Å². The Morgan fingerprint density at radius 3 is 2.13 bits per heavy atom. The van der Waals surface area contributed by atoms with Crippen LogP contribution < -0.4 is 19.5 Å². The van der Waals surface area contributed by atoms with E-state index in [0.717, 1.165) is 16.9 Å². The molecule has 0 atom stereocenters. The lowest BCUT2D eigenvalue weighted by Crippen LogP contribution is -2.23. The van der Waals surface area contributed by atoms with E-state index in [1.165, 1.54) is 0 Å². The standard InChI is InChI=1S/C18H21NO4/c1-12-9-16(22-3)17(23-4)10-15(12)18(20)19-11-13-5-7-14(21-2)8-6-13/h5-10H,11H2,1-4H3,(H,19,20). The molecule has 2 aromatic carbocycles. The van der Waals surface area contributed by atoms with Gasteiger partial charge in [-0.25, -0.2) is 0 Å². The fourth-order valence-electron chi connectivity index (χ4n) is 2.25. The van der Waals surface area contributed by atoms with Crippen LogP contribution in [0.1, 0.15) is 21.5 Å². The molecule has 1 N–H and O–H groups in total. The van der Waals surface area contributed by atoms with Crippen LogP contribution in [0, 0.1) is 6.92 Å². The van der Waals surface area contributed by atoms with Gasteiger partial charge < -0.3 is 19.5 Å². The highest BCUT2D eigenvalue weighted by Crippen LogP contribution is 2.30. The predicted octanol–water partition coefficient (Wildman–Crippen LogP) is 2.95. The number of carbonyl (C=O) groups excluding carboxylic acids is 1. The number of methoxy groups -OCH3 is 3. The van der Waals surface area contributed by atoms with Gasteiger partial charge in [-0.2, -0.15) is 0 Å². The summed E-state index contributed by atoms with van der Waals surface area (Å²) in [6.07, 6.45) is 0. The average molecular weight is 315 g/mol. The Hall–Kier alpha value is -2.69.